The third-order valence-corrected chi connectivity index (χ3v) is 4.08. The van der Waals surface area contributed by atoms with Crippen molar-refractivity contribution in [2.75, 3.05) is 5.75 Å². The van der Waals surface area contributed by atoms with Crippen molar-refractivity contribution in [3.05, 3.63) is 52.8 Å². The van der Waals surface area contributed by atoms with Gasteiger partial charge in [0.1, 0.15) is 5.69 Å². The molecule has 5 nitrogen and oxygen atoms in total. The van der Waals surface area contributed by atoms with E-state index in [1.54, 1.807) is 23.9 Å². The largest absolute Gasteiger partial charge is 0.345 e. The Kier molecular flexibility index (Phi) is 5.46. The molecule has 0 aliphatic rings. The summed E-state index contributed by atoms with van der Waals surface area (Å²) in [6, 6.07) is 11.3. The lowest BCUT2D eigenvalue weighted by Crippen LogP contribution is -2.43. The summed E-state index contributed by atoms with van der Waals surface area (Å²) in [5.74, 6) is -0.382. The average Bonchev–Trinajstić information content (AvgIpc) is 2.82. The van der Waals surface area contributed by atoms with Crippen LogP contribution in [0.25, 0.3) is 0 Å². The molecule has 0 spiro atoms. The number of nitrogens with one attached hydrogen (secondary N) is 2. The first-order chi connectivity index (χ1) is 10.1. The molecule has 0 unspecified atom stereocenters. The Morgan fingerprint density at radius 2 is 1.95 bits per heavy atom. The minimum atomic E-state index is -0.360. The van der Waals surface area contributed by atoms with Crippen molar-refractivity contribution < 1.29 is 9.59 Å². The summed E-state index contributed by atoms with van der Waals surface area (Å²) in [7, 11) is 1.76. The third kappa shape index (κ3) is 4.64. The van der Waals surface area contributed by atoms with Gasteiger partial charge in [-0.25, -0.2) is 0 Å². The number of nitrogens with zero attached hydrogens (tertiary/aromatic N) is 1. The number of hydrazine groups is 1. The first-order valence-electron chi connectivity index (χ1n) is 6.15. The highest BCUT2D eigenvalue weighted by Gasteiger charge is 2.11. The van der Waals surface area contributed by atoms with Gasteiger partial charge in [0.15, 0.2) is 0 Å². The van der Waals surface area contributed by atoms with E-state index in [9.17, 15) is 9.59 Å². The van der Waals surface area contributed by atoms with Crippen molar-refractivity contribution in [1.82, 2.24) is 15.4 Å². The van der Waals surface area contributed by atoms with Gasteiger partial charge in [-0.05, 0) is 34.1 Å². The van der Waals surface area contributed by atoms with Crippen molar-refractivity contribution >= 4 is 39.5 Å². The molecule has 7 heteroatoms. The molecular weight excluding hydrogens is 354 g/mol. The molecule has 21 heavy (non-hydrogen) atoms. The Balaban J connectivity index is 1.79. The molecular formula is C14H14BrN3O2S. The van der Waals surface area contributed by atoms with Crippen LogP contribution in [-0.4, -0.2) is 22.1 Å². The lowest BCUT2D eigenvalue weighted by molar-refractivity contribution is -0.119. The van der Waals surface area contributed by atoms with Crippen molar-refractivity contribution in [2.24, 2.45) is 7.05 Å². The molecule has 0 atom stereocenters. The van der Waals surface area contributed by atoms with Crippen LogP contribution in [0.1, 0.15) is 10.5 Å². The van der Waals surface area contributed by atoms with E-state index in [0.29, 0.717) is 5.69 Å². The highest BCUT2D eigenvalue weighted by atomic mass is 79.9. The van der Waals surface area contributed by atoms with E-state index < -0.39 is 0 Å². The van der Waals surface area contributed by atoms with Crippen molar-refractivity contribution in [2.45, 2.75) is 4.90 Å². The van der Waals surface area contributed by atoms with E-state index >= 15 is 0 Å². The molecule has 2 N–H and O–H groups in total. The lowest BCUT2D eigenvalue weighted by Gasteiger charge is -2.07. The summed E-state index contributed by atoms with van der Waals surface area (Å²) < 4.78 is 2.48. The Morgan fingerprint density at radius 1 is 1.24 bits per heavy atom. The predicted molar refractivity (Wildman–Crippen MR) is 85.9 cm³/mol. The monoisotopic (exact) mass is 367 g/mol. The van der Waals surface area contributed by atoms with Crippen molar-refractivity contribution in [3.8, 4) is 0 Å². The summed E-state index contributed by atoms with van der Waals surface area (Å²) in [4.78, 5) is 24.6. The predicted octanol–water partition coefficient (Wildman–Crippen LogP) is 2.34. The van der Waals surface area contributed by atoms with E-state index in [1.165, 1.54) is 11.8 Å². The molecule has 0 saturated carbocycles. The molecule has 1 aromatic carbocycles. The zero-order valence-corrected chi connectivity index (χ0v) is 13.7. The molecule has 1 aromatic heterocycles. The smallest absolute Gasteiger partial charge is 0.286 e. The standard InChI is InChI=1S/C14H14BrN3O2S/c1-18-8-10(15)7-12(18)14(20)17-16-13(19)9-21-11-5-3-2-4-6-11/h2-8H,9H2,1H3,(H,16,19)(H,17,20). The highest BCUT2D eigenvalue weighted by molar-refractivity contribution is 9.10. The third-order valence-electron chi connectivity index (χ3n) is 2.63. The van der Waals surface area contributed by atoms with Crippen LogP contribution in [0.5, 0.6) is 0 Å². The molecule has 2 aromatic rings. The number of carbonyl (C=O) groups is 2. The number of hydrogen-bond donors (Lipinski definition) is 2. The SMILES string of the molecule is Cn1cc(Br)cc1C(=O)NNC(=O)CSc1ccccc1. The van der Waals surface area contributed by atoms with E-state index in [2.05, 4.69) is 26.8 Å². The molecule has 0 fully saturated rings. The van der Waals surface area contributed by atoms with Crippen LogP contribution in [0.2, 0.25) is 0 Å². The van der Waals surface area contributed by atoms with Gasteiger partial charge >= 0.3 is 0 Å². The number of benzene rings is 1. The van der Waals surface area contributed by atoms with Crippen LogP contribution in [0, 0.1) is 0 Å². The van der Waals surface area contributed by atoms with Gasteiger partial charge in [-0.2, -0.15) is 0 Å². The van der Waals surface area contributed by atoms with Crippen LogP contribution < -0.4 is 10.9 Å². The number of thioether (sulfide) groups is 1. The van der Waals surface area contributed by atoms with E-state index in [-0.39, 0.29) is 17.6 Å². The van der Waals surface area contributed by atoms with E-state index in [0.717, 1.165) is 9.37 Å². The number of halogens is 1. The van der Waals surface area contributed by atoms with Gasteiger partial charge in [0.05, 0.1) is 5.75 Å². The quantitative estimate of drug-likeness (QED) is 0.643. The Labute approximate surface area is 135 Å². The molecule has 2 amide bonds. The zero-order chi connectivity index (χ0) is 15.2. The van der Waals surface area contributed by atoms with Crippen LogP contribution >= 0.6 is 27.7 Å². The average molecular weight is 368 g/mol. The fraction of sp³-hybridized carbons (Fsp3) is 0.143. The zero-order valence-electron chi connectivity index (χ0n) is 11.3. The first kappa shape index (κ1) is 15.7. The van der Waals surface area contributed by atoms with Gasteiger partial charge in [0.25, 0.3) is 5.91 Å². The minimum absolute atomic E-state index is 0.237. The minimum Gasteiger partial charge on any atom is -0.345 e. The molecule has 1 heterocycles. The molecule has 0 radical (unpaired) electrons. The number of amides is 2. The first-order valence-corrected chi connectivity index (χ1v) is 7.93. The second-order valence-electron chi connectivity index (χ2n) is 4.26. The van der Waals surface area contributed by atoms with Gasteiger partial charge in [0, 0.05) is 22.6 Å². The normalized spacial score (nSPS) is 10.2. The van der Waals surface area contributed by atoms with E-state index in [1.807, 2.05) is 30.3 Å². The summed E-state index contributed by atoms with van der Waals surface area (Å²) in [6.45, 7) is 0. The highest BCUT2D eigenvalue weighted by Crippen LogP contribution is 2.16. The van der Waals surface area contributed by atoms with Gasteiger partial charge in [-0.1, -0.05) is 18.2 Å². The van der Waals surface area contributed by atoms with Crippen LogP contribution in [0.15, 0.2) is 52.0 Å². The number of aromatic nitrogens is 1. The van der Waals surface area contributed by atoms with Crippen molar-refractivity contribution in [1.29, 1.82) is 0 Å². The fourth-order valence-corrected chi connectivity index (χ4v) is 2.89. The Bertz CT molecular complexity index is 643. The molecule has 0 aliphatic carbocycles. The molecule has 0 saturated heterocycles. The Morgan fingerprint density at radius 3 is 2.57 bits per heavy atom. The lowest BCUT2D eigenvalue weighted by atomic mass is 10.4. The summed E-state index contributed by atoms with van der Waals surface area (Å²) in [5, 5.41) is 0. The maximum Gasteiger partial charge on any atom is 0.286 e. The van der Waals surface area contributed by atoms with Gasteiger partial charge in [0.2, 0.25) is 5.91 Å². The molecule has 110 valence electrons. The summed E-state index contributed by atoms with van der Waals surface area (Å²) in [5.41, 5.74) is 5.25. The molecule has 0 bridgehead atoms. The maximum atomic E-state index is 11.9. The maximum absolute atomic E-state index is 11.9. The van der Waals surface area contributed by atoms with Gasteiger partial charge < -0.3 is 4.57 Å². The summed E-state index contributed by atoms with van der Waals surface area (Å²) in [6.07, 6.45) is 1.77. The van der Waals surface area contributed by atoms with Gasteiger partial charge in [-0.15, -0.1) is 11.8 Å². The van der Waals surface area contributed by atoms with Crippen LogP contribution in [0.4, 0.5) is 0 Å². The fourth-order valence-electron chi connectivity index (χ4n) is 1.64. The van der Waals surface area contributed by atoms with Crippen LogP contribution in [-0.2, 0) is 11.8 Å². The van der Waals surface area contributed by atoms with E-state index in [4.69, 9.17) is 0 Å². The number of aryl methyl sites for hydroxylation is 1. The number of rotatable bonds is 4. The topological polar surface area (TPSA) is 63.1 Å². The van der Waals surface area contributed by atoms with Gasteiger partial charge in [-0.3, -0.25) is 20.4 Å². The summed E-state index contributed by atoms with van der Waals surface area (Å²) >= 11 is 4.70. The Hall–Kier alpha value is -1.73. The number of carbonyl (C=O) groups excluding carboxylic acids is 2. The second-order valence-corrected chi connectivity index (χ2v) is 6.22. The number of hydrogen-bond acceptors (Lipinski definition) is 3. The molecule has 2 rings (SSSR count). The van der Waals surface area contributed by atoms with Crippen molar-refractivity contribution in [3.63, 3.8) is 0 Å². The van der Waals surface area contributed by atoms with Crippen LogP contribution in [0.3, 0.4) is 0 Å². The molecule has 0 aliphatic heterocycles. The second kappa shape index (κ2) is 7.33.